The number of aryl methyl sites for hydroxylation is 1. The first-order chi connectivity index (χ1) is 11.7. The third-order valence-corrected chi connectivity index (χ3v) is 4.00. The van der Waals surface area contributed by atoms with Gasteiger partial charge in [0.2, 0.25) is 0 Å². The van der Waals surface area contributed by atoms with Crippen LogP contribution in [0.15, 0.2) is 30.5 Å². The number of anilines is 1. The number of carbonyl (C=O) groups excluding carboxylic acids is 1. The van der Waals surface area contributed by atoms with Gasteiger partial charge < -0.3 is 15.7 Å². The summed E-state index contributed by atoms with van der Waals surface area (Å²) in [7, 11) is 0. The van der Waals surface area contributed by atoms with Gasteiger partial charge >= 0.3 is 0 Å². The lowest BCUT2D eigenvalue weighted by Crippen LogP contribution is -2.26. The highest BCUT2D eigenvalue weighted by atomic mass is 16.3. The molecule has 0 aliphatic rings. The van der Waals surface area contributed by atoms with Crippen molar-refractivity contribution in [3.05, 3.63) is 47.3 Å². The minimum Gasteiger partial charge on any atom is -0.395 e. The molecule has 1 aromatic heterocycles. The molecule has 0 bridgehead atoms. The summed E-state index contributed by atoms with van der Waals surface area (Å²) < 4.78 is 1.98. The molecule has 0 saturated heterocycles. The average Bonchev–Trinajstić information content (AvgIpc) is 2.95. The minimum absolute atomic E-state index is 0.0619. The summed E-state index contributed by atoms with van der Waals surface area (Å²) in [6.07, 6.45) is 2.07. The Morgan fingerprint density at radius 2 is 2.08 bits per heavy atom. The van der Waals surface area contributed by atoms with Crippen molar-refractivity contribution in [2.24, 2.45) is 0 Å². The Labute approximate surface area is 149 Å². The van der Waals surface area contributed by atoms with E-state index in [9.17, 15) is 4.79 Å². The highest BCUT2D eigenvalue weighted by Gasteiger charge is 2.19. The third kappa shape index (κ3) is 4.82. The van der Waals surface area contributed by atoms with Crippen molar-refractivity contribution in [1.29, 1.82) is 0 Å². The second kappa shape index (κ2) is 7.70. The summed E-state index contributed by atoms with van der Waals surface area (Å²) in [5.74, 6) is -0.193. The monoisotopic (exact) mass is 344 g/mol. The van der Waals surface area contributed by atoms with E-state index in [-0.39, 0.29) is 30.6 Å². The zero-order chi connectivity index (χ0) is 18.6. The van der Waals surface area contributed by atoms with E-state index in [1.165, 1.54) is 0 Å². The van der Waals surface area contributed by atoms with E-state index in [2.05, 4.69) is 49.6 Å². The molecular formula is C19H28N4O2. The summed E-state index contributed by atoms with van der Waals surface area (Å²) in [6.45, 7) is 10.6. The Bertz CT molecular complexity index is 731. The van der Waals surface area contributed by atoms with Crippen LogP contribution in [0.5, 0.6) is 0 Å². The molecule has 0 fully saturated rings. The lowest BCUT2D eigenvalue weighted by molar-refractivity contribution is 0.0945. The number of carbonyl (C=O) groups is 1. The van der Waals surface area contributed by atoms with Crippen LogP contribution in [0, 0.1) is 6.92 Å². The van der Waals surface area contributed by atoms with Crippen LogP contribution in [0.2, 0.25) is 0 Å². The SMILES string of the molecule is Cc1nn(C(C)(C)C)cc1C(C)Nc1cccc(C(=O)NCCO)c1. The van der Waals surface area contributed by atoms with Gasteiger partial charge in [0.05, 0.1) is 23.9 Å². The summed E-state index contributed by atoms with van der Waals surface area (Å²) in [5, 5.41) is 19.5. The predicted octanol–water partition coefficient (Wildman–Crippen LogP) is 2.84. The number of aromatic nitrogens is 2. The number of aliphatic hydroxyl groups excluding tert-OH is 1. The number of hydrogen-bond acceptors (Lipinski definition) is 4. The molecule has 6 heteroatoms. The van der Waals surface area contributed by atoms with Gasteiger partial charge in [-0.2, -0.15) is 5.10 Å². The molecule has 1 aromatic carbocycles. The zero-order valence-electron chi connectivity index (χ0n) is 15.6. The molecule has 2 rings (SSSR count). The van der Waals surface area contributed by atoms with Crippen molar-refractivity contribution in [3.63, 3.8) is 0 Å². The second-order valence-electron chi connectivity index (χ2n) is 7.21. The van der Waals surface area contributed by atoms with E-state index in [0.29, 0.717) is 5.56 Å². The third-order valence-electron chi connectivity index (χ3n) is 4.00. The fraction of sp³-hybridized carbons (Fsp3) is 0.474. The molecule has 0 aliphatic heterocycles. The Hall–Kier alpha value is -2.34. The van der Waals surface area contributed by atoms with Gasteiger partial charge in [0, 0.05) is 29.6 Å². The van der Waals surface area contributed by atoms with Gasteiger partial charge in [-0.05, 0) is 52.8 Å². The standard InChI is InChI=1S/C19H28N4O2/c1-13(17-12-23(19(3,4)5)22-14(17)2)21-16-8-6-7-15(11-16)18(25)20-9-10-24/h6-8,11-13,21,24H,9-10H2,1-5H3,(H,20,25). The van der Waals surface area contributed by atoms with Crippen LogP contribution in [0.1, 0.15) is 55.4 Å². The van der Waals surface area contributed by atoms with Crippen molar-refractivity contribution in [2.75, 3.05) is 18.5 Å². The Kier molecular flexibility index (Phi) is 5.85. The zero-order valence-corrected chi connectivity index (χ0v) is 15.6. The molecule has 1 atom stereocenters. The molecule has 3 N–H and O–H groups in total. The first-order valence-corrected chi connectivity index (χ1v) is 8.54. The molecule has 0 radical (unpaired) electrons. The van der Waals surface area contributed by atoms with Crippen molar-refractivity contribution >= 4 is 11.6 Å². The number of aliphatic hydroxyl groups is 1. The average molecular weight is 344 g/mol. The Balaban J connectivity index is 2.14. The van der Waals surface area contributed by atoms with Crippen LogP contribution in [-0.2, 0) is 5.54 Å². The molecule has 2 aromatic rings. The molecule has 1 amide bonds. The number of nitrogens with zero attached hydrogens (tertiary/aromatic N) is 2. The van der Waals surface area contributed by atoms with Gasteiger partial charge in [-0.25, -0.2) is 0 Å². The number of nitrogens with one attached hydrogen (secondary N) is 2. The van der Waals surface area contributed by atoms with Gasteiger partial charge in [-0.3, -0.25) is 9.48 Å². The van der Waals surface area contributed by atoms with E-state index < -0.39 is 0 Å². The predicted molar refractivity (Wildman–Crippen MR) is 99.9 cm³/mol. The van der Waals surface area contributed by atoms with Crippen molar-refractivity contribution in [2.45, 2.75) is 46.2 Å². The maximum atomic E-state index is 12.0. The molecular weight excluding hydrogens is 316 g/mol. The maximum absolute atomic E-state index is 12.0. The van der Waals surface area contributed by atoms with Gasteiger partial charge in [-0.1, -0.05) is 6.07 Å². The highest BCUT2D eigenvalue weighted by Crippen LogP contribution is 2.24. The van der Waals surface area contributed by atoms with Gasteiger partial charge in [0.25, 0.3) is 5.91 Å². The number of amides is 1. The quantitative estimate of drug-likeness (QED) is 0.753. The minimum atomic E-state index is -0.193. The summed E-state index contributed by atoms with van der Waals surface area (Å²) in [5.41, 5.74) is 3.49. The first-order valence-electron chi connectivity index (χ1n) is 8.54. The molecule has 0 spiro atoms. The smallest absolute Gasteiger partial charge is 0.251 e. The molecule has 6 nitrogen and oxygen atoms in total. The molecule has 0 aliphatic carbocycles. The Morgan fingerprint density at radius 3 is 2.68 bits per heavy atom. The van der Waals surface area contributed by atoms with Gasteiger partial charge in [0.1, 0.15) is 0 Å². The fourth-order valence-corrected chi connectivity index (χ4v) is 2.59. The lowest BCUT2D eigenvalue weighted by atomic mass is 10.1. The molecule has 1 heterocycles. The van der Waals surface area contributed by atoms with Crippen LogP contribution < -0.4 is 10.6 Å². The van der Waals surface area contributed by atoms with Crippen molar-refractivity contribution < 1.29 is 9.90 Å². The first kappa shape index (κ1) is 19.0. The summed E-state index contributed by atoms with van der Waals surface area (Å²) in [4.78, 5) is 12.0. The normalized spacial score (nSPS) is 12.7. The Morgan fingerprint density at radius 1 is 1.36 bits per heavy atom. The van der Waals surface area contributed by atoms with Crippen LogP contribution in [0.4, 0.5) is 5.69 Å². The molecule has 25 heavy (non-hydrogen) atoms. The molecule has 136 valence electrons. The second-order valence-corrected chi connectivity index (χ2v) is 7.21. The van der Waals surface area contributed by atoms with Gasteiger partial charge in [0.15, 0.2) is 0 Å². The summed E-state index contributed by atoms with van der Waals surface area (Å²) in [6, 6.07) is 7.40. The van der Waals surface area contributed by atoms with E-state index in [1.807, 2.05) is 29.8 Å². The summed E-state index contributed by atoms with van der Waals surface area (Å²) >= 11 is 0. The van der Waals surface area contributed by atoms with E-state index in [4.69, 9.17) is 5.11 Å². The van der Waals surface area contributed by atoms with E-state index in [1.54, 1.807) is 6.07 Å². The number of rotatable bonds is 6. The van der Waals surface area contributed by atoms with Crippen molar-refractivity contribution in [3.8, 4) is 0 Å². The molecule has 0 saturated carbocycles. The largest absolute Gasteiger partial charge is 0.395 e. The van der Waals surface area contributed by atoms with Crippen LogP contribution in [0.25, 0.3) is 0 Å². The molecule has 1 unspecified atom stereocenters. The lowest BCUT2D eigenvalue weighted by Gasteiger charge is -2.19. The highest BCUT2D eigenvalue weighted by molar-refractivity contribution is 5.95. The topological polar surface area (TPSA) is 79.2 Å². The number of hydrogen-bond donors (Lipinski definition) is 3. The van der Waals surface area contributed by atoms with E-state index >= 15 is 0 Å². The van der Waals surface area contributed by atoms with Crippen LogP contribution >= 0.6 is 0 Å². The number of benzene rings is 1. The van der Waals surface area contributed by atoms with Gasteiger partial charge in [-0.15, -0.1) is 0 Å². The maximum Gasteiger partial charge on any atom is 0.251 e. The fourth-order valence-electron chi connectivity index (χ4n) is 2.59. The van der Waals surface area contributed by atoms with Crippen molar-refractivity contribution in [1.82, 2.24) is 15.1 Å². The van der Waals surface area contributed by atoms with E-state index in [0.717, 1.165) is 16.9 Å². The van der Waals surface area contributed by atoms with Crippen LogP contribution in [-0.4, -0.2) is 33.9 Å². The van der Waals surface area contributed by atoms with Crippen LogP contribution in [0.3, 0.4) is 0 Å².